The number of rotatable bonds is 5. The molecule has 0 aliphatic carbocycles. The molecule has 0 fully saturated rings. The lowest BCUT2D eigenvalue weighted by molar-refractivity contribution is -0.137. The highest BCUT2D eigenvalue weighted by molar-refractivity contribution is 6.31. The SMILES string of the molecule is NCCCC[C@@H](N)c1ccc(C(F)(F)F)c(Cl)c1. The van der Waals surface area contributed by atoms with E-state index in [0.717, 1.165) is 18.9 Å². The molecule has 1 aromatic carbocycles. The summed E-state index contributed by atoms with van der Waals surface area (Å²) in [6.07, 6.45) is -2.06. The molecule has 1 aromatic rings. The molecule has 0 saturated carbocycles. The van der Waals surface area contributed by atoms with Crippen molar-refractivity contribution in [2.75, 3.05) is 6.54 Å². The lowest BCUT2D eigenvalue weighted by Gasteiger charge is -2.15. The zero-order valence-corrected chi connectivity index (χ0v) is 10.6. The molecule has 0 aliphatic heterocycles. The maximum Gasteiger partial charge on any atom is 0.417 e. The maximum atomic E-state index is 12.5. The van der Waals surface area contributed by atoms with Gasteiger partial charge in [0.2, 0.25) is 0 Å². The summed E-state index contributed by atoms with van der Waals surface area (Å²) in [5.74, 6) is 0. The molecule has 2 nitrogen and oxygen atoms in total. The topological polar surface area (TPSA) is 52.0 Å². The van der Waals surface area contributed by atoms with Crippen LogP contribution in [0.5, 0.6) is 0 Å². The van der Waals surface area contributed by atoms with Gasteiger partial charge in [0.05, 0.1) is 10.6 Å². The van der Waals surface area contributed by atoms with Crippen molar-refractivity contribution in [2.24, 2.45) is 11.5 Å². The first-order valence-electron chi connectivity index (χ1n) is 5.68. The Bertz CT molecular complexity index is 393. The minimum Gasteiger partial charge on any atom is -0.330 e. The van der Waals surface area contributed by atoms with E-state index in [-0.39, 0.29) is 11.1 Å². The smallest absolute Gasteiger partial charge is 0.330 e. The number of hydrogen-bond acceptors (Lipinski definition) is 2. The second-order valence-electron chi connectivity index (χ2n) is 4.13. The Labute approximate surface area is 109 Å². The van der Waals surface area contributed by atoms with Gasteiger partial charge in [-0.05, 0) is 37.1 Å². The predicted molar refractivity (Wildman–Crippen MR) is 66.3 cm³/mol. The van der Waals surface area contributed by atoms with Gasteiger partial charge >= 0.3 is 6.18 Å². The largest absolute Gasteiger partial charge is 0.417 e. The average Bonchev–Trinajstić information content (AvgIpc) is 2.27. The Morgan fingerprint density at radius 3 is 2.39 bits per heavy atom. The van der Waals surface area contributed by atoms with Crippen LogP contribution in [0.15, 0.2) is 18.2 Å². The Hall–Kier alpha value is -0.780. The molecule has 0 unspecified atom stereocenters. The molecule has 4 N–H and O–H groups in total. The Balaban J connectivity index is 2.78. The standard InChI is InChI=1S/C12H16ClF3N2/c13-10-7-8(11(18)3-1-2-6-17)4-5-9(10)12(14,15)16/h4-5,7,11H,1-3,6,17-18H2/t11-/m1/s1. The summed E-state index contributed by atoms with van der Waals surface area (Å²) >= 11 is 5.62. The first kappa shape index (κ1) is 15.3. The number of hydrogen-bond donors (Lipinski definition) is 2. The van der Waals surface area contributed by atoms with E-state index in [9.17, 15) is 13.2 Å². The van der Waals surface area contributed by atoms with Crippen molar-refractivity contribution in [3.63, 3.8) is 0 Å². The van der Waals surface area contributed by atoms with Crippen molar-refractivity contribution in [3.05, 3.63) is 34.3 Å². The fraction of sp³-hybridized carbons (Fsp3) is 0.500. The molecule has 0 spiro atoms. The van der Waals surface area contributed by atoms with Gasteiger partial charge in [0.25, 0.3) is 0 Å². The van der Waals surface area contributed by atoms with Crippen LogP contribution in [0.4, 0.5) is 13.2 Å². The summed E-state index contributed by atoms with van der Waals surface area (Å²) in [5, 5.41) is -0.311. The van der Waals surface area contributed by atoms with Gasteiger partial charge in [0.15, 0.2) is 0 Å². The van der Waals surface area contributed by atoms with Crippen molar-refractivity contribution in [1.29, 1.82) is 0 Å². The van der Waals surface area contributed by atoms with Gasteiger partial charge in [-0.2, -0.15) is 13.2 Å². The second kappa shape index (κ2) is 6.41. The fourth-order valence-electron chi connectivity index (χ4n) is 1.67. The van der Waals surface area contributed by atoms with Gasteiger partial charge in [0.1, 0.15) is 0 Å². The quantitative estimate of drug-likeness (QED) is 0.811. The molecular weight excluding hydrogens is 265 g/mol. The zero-order valence-electron chi connectivity index (χ0n) is 9.80. The molecule has 6 heteroatoms. The van der Waals surface area contributed by atoms with E-state index in [4.69, 9.17) is 23.1 Å². The highest BCUT2D eigenvalue weighted by atomic mass is 35.5. The molecule has 18 heavy (non-hydrogen) atoms. The minimum atomic E-state index is -4.43. The Kier molecular flexibility index (Phi) is 5.44. The molecule has 0 amide bonds. The van der Waals surface area contributed by atoms with E-state index in [1.807, 2.05) is 0 Å². The van der Waals surface area contributed by atoms with Crippen molar-refractivity contribution < 1.29 is 13.2 Å². The first-order valence-corrected chi connectivity index (χ1v) is 6.06. The lowest BCUT2D eigenvalue weighted by atomic mass is 10.0. The third-order valence-electron chi connectivity index (χ3n) is 2.70. The molecule has 1 atom stereocenters. The Morgan fingerprint density at radius 1 is 1.22 bits per heavy atom. The van der Waals surface area contributed by atoms with E-state index in [1.165, 1.54) is 12.1 Å². The van der Waals surface area contributed by atoms with Gasteiger partial charge < -0.3 is 11.5 Å². The molecule has 1 rings (SSSR count). The van der Waals surface area contributed by atoms with Crippen LogP contribution >= 0.6 is 11.6 Å². The summed E-state index contributed by atoms with van der Waals surface area (Å²) in [6.45, 7) is 0.584. The molecule has 0 aromatic heterocycles. The van der Waals surface area contributed by atoms with Crippen LogP contribution in [0, 0.1) is 0 Å². The van der Waals surface area contributed by atoms with E-state index >= 15 is 0 Å². The zero-order chi connectivity index (χ0) is 13.8. The number of alkyl halides is 3. The monoisotopic (exact) mass is 280 g/mol. The number of halogens is 4. The normalized spacial score (nSPS) is 13.7. The van der Waals surface area contributed by atoms with Crippen LogP contribution in [0.2, 0.25) is 5.02 Å². The van der Waals surface area contributed by atoms with Gasteiger partial charge in [0, 0.05) is 6.04 Å². The lowest BCUT2D eigenvalue weighted by Crippen LogP contribution is -2.12. The number of benzene rings is 1. The third kappa shape index (κ3) is 4.15. The van der Waals surface area contributed by atoms with Crippen molar-refractivity contribution in [2.45, 2.75) is 31.5 Å². The van der Waals surface area contributed by atoms with Crippen molar-refractivity contribution in [1.82, 2.24) is 0 Å². The predicted octanol–water partition coefficient (Wildman–Crippen LogP) is 3.49. The van der Waals surface area contributed by atoms with Gasteiger partial charge in [-0.3, -0.25) is 0 Å². The summed E-state index contributed by atoms with van der Waals surface area (Å²) < 4.78 is 37.5. The molecular formula is C12H16ClF3N2. The molecule has 0 radical (unpaired) electrons. The fourth-order valence-corrected chi connectivity index (χ4v) is 1.96. The van der Waals surface area contributed by atoms with E-state index in [1.54, 1.807) is 0 Å². The van der Waals surface area contributed by atoms with Gasteiger partial charge in [-0.15, -0.1) is 0 Å². The van der Waals surface area contributed by atoms with E-state index in [2.05, 4.69) is 0 Å². The van der Waals surface area contributed by atoms with E-state index < -0.39 is 11.7 Å². The summed E-state index contributed by atoms with van der Waals surface area (Å²) in [7, 11) is 0. The van der Waals surface area contributed by atoms with Crippen LogP contribution in [0.1, 0.15) is 36.4 Å². The highest BCUT2D eigenvalue weighted by Crippen LogP contribution is 2.35. The van der Waals surface area contributed by atoms with Gasteiger partial charge in [-0.25, -0.2) is 0 Å². The van der Waals surface area contributed by atoms with Crippen LogP contribution in [0.3, 0.4) is 0 Å². The van der Waals surface area contributed by atoms with Crippen LogP contribution in [0.25, 0.3) is 0 Å². The molecule has 102 valence electrons. The number of unbranched alkanes of at least 4 members (excludes halogenated alkanes) is 1. The third-order valence-corrected chi connectivity index (χ3v) is 3.01. The minimum absolute atomic E-state index is 0.309. The summed E-state index contributed by atoms with van der Waals surface area (Å²) in [4.78, 5) is 0. The average molecular weight is 281 g/mol. The molecule has 0 bridgehead atoms. The summed E-state index contributed by atoms with van der Waals surface area (Å²) in [5.41, 5.74) is 11.0. The second-order valence-corrected chi connectivity index (χ2v) is 4.54. The number of nitrogens with two attached hydrogens (primary N) is 2. The van der Waals surface area contributed by atoms with Crippen molar-refractivity contribution >= 4 is 11.6 Å². The van der Waals surface area contributed by atoms with Crippen LogP contribution in [-0.2, 0) is 6.18 Å². The molecule has 0 aliphatic rings. The molecule has 0 saturated heterocycles. The van der Waals surface area contributed by atoms with Crippen molar-refractivity contribution in [3.8, 4) is 0 Å². The van der Waals surface area contributed by atoms with Crippen LogP contribution < -0.4 is 11.5 Å². The molecule has 0 heterocycles. The highest BCUT2D eigenvalue weighted by Gasteiger charge is 2.33. The van der Waals surface area contributed by atoms with E-state index in [0.29, 0.717) is 18.5 Å². The summed E-state index contributed by atoms with van der Waals surface area (Å²) in [6, 6.07) is 3.33. The van der Waals surface area contributed by atoms with Gasteiger partial charge in [-0.1, -0.05) is 24.1 Å². The first-order chi connectivity index (χ1) is 8.36. The maximum absolute atomic E-state index is 12.5. The Morgan fingerprint density at radius 2 is 1.89 bits per heavy atom. The van der Waals surface area contributed by atoms with Crippen LogP contribution in [-0.4, -0.2) is 6.54 Å².